The van der Waals surface area contributed by atoms with Gasteiger partial charge in [-0.3, -0.25) is 4.90 Å². The normalized spacial score (nSPS) is 29.1. The molecule has 0 N–H and O–H groups in total. The fourth-order valence-corrected chi connectivity index (χ4v) is 22.6. The fraction of sp³-hybridized carbons (Fsp3) is 0.514. The van der Waals surface area contributed by atoms with E-state index in [4.69, 9.17) is 9.05 Å². The number of hydrogen-bond donors (Lipinski definition) is 0. The Bertz CT molecular complexity index is 2260. The first-order valence-corrected chi connectivity index (χ1v) is 28.3. The molecule has 2 saturated carbocycles. The molecule has 0 radical (unpaired) electrons. The van der Waals surface area contributed by atoms with Crippen molar-refractivity contribution in [1.82, 2.24) is 21.2 Å². The lowest BCUT2D eigenvalue weighted by Crippen LogP contribution is -2.43. The van der Waals surface area contributed by atoms with Gasteiger partial charge in [0.1, 0.15) is 12.2 Å². The number of benzene rings is 3. The smallest absolute Gasteiger partial charge is 0.249 e. The first-order chi connectivity index (χ1) is 27.6. The Kier molecular flexibility index (Phi) is 12.3. The van der Waals surface area contributed by atoms with Gasteiger partial charge in [-0.15, -0.1) is 16.3 Å². The molecule has 15 nitrogen and oxygen atoms in total. The minimum absolute atomic E-state index is 0.00362. The molecule has 0 bridgehead atoms. The summed E-state index contributed by atoms with van der Waals surface area (Å²) in [5.74, 6) is 0. The van der Waals surface area contributed by atoms with Gasteiger partial charge in [-0.05, 0) is 55.5 Å². The van der Waals surface area contributed by atoms with E-state index in [2.05, 4.69) is 0 Å². The summed E-state index contributed by atoms with van der Waals surface area (Å²) in [6.45, 7) is 0.770. The number of nitrogens with zero attached hydrogens (tertiary/aromatic N) is 5. The lowest BCUT2D eigenvalue weighted by atomic mass is 9.92. The molecule has 5 aliphatic rings. The molecule has 5 fully saturated rings. The summed E-state index contributed by atoms with van der Waals surface area (Å²) in [6, 6.07) is 22.8. The molecule has 6 atom stereocenters. The van der Waals surface area contributed by atoms with Gasteiger partial charge < -0.3 is 9.05 Å². The monoisotopic (exact) mass is 913 g/mol. The van der Waals surface area contributed by atoms with Crippen molar-refractivity contribution in [1.29, 1.82) is 0 Å². The van der Waals surface area contributed by atoms with Gasteiger partial charge in [-0.25, -0.2) is 33.7 Å². The van der Waals surface area contributed by atoms with Crippen LogP contribution in [0.2, 0.25) is 0 Å². The van der Waals surface area contributed by atoms with Crippen molar-refractivity contribution < 1.29 is 42.7 Å². The van der Waals surface area contributed by atoms with Crippen LogP contribution in [0, 0.1) is 0 Å². The van der Waals surface area contributed by atoms with Crippen molar-refractivity contribution in [2.24, 2.45) is 0 Å². The van der Waals surface area contributed by atoms with Crippen LogP contribution in [0.5, 0.6) is 0 Å². The van der Waals surface area contributed by atoms with Gasteiger partial charge in [0.05, 0.1) is 22.3 Å². The van der Waals surface area contributed by atoms with Gasteiger partial charge in [-0.1, -0.05) is 92.4 Å². The average molecular weight is 914 g/mol. The van der Waals surface area contributed by atoms with Gasteiger partial charge in [0.2, 0.25) is 57.0 Å². The second-order valence-electron chi connectivity index (χ2n) is 15.6. The topological polar surface area (TPSA) is 171 Å². The Balaban J connectivity index is 1.23. The van der Waals surface area contributed by atoms with E-state index < -0.39 is 93.4 Å². The SMILES string of the molecule is CS(=O)(=O)N1[C@H]2CCCC[C@@H]2N(S(C)(=O)=O)P1O[C@H]1CN(Cc2ccccc2)C[C@@H]1OP1N(S(=O)(=O)c2ccccc2)[C@H]2CCCC[C@@H]2N1S(=O)(=O)c1ccccc1. The molecule has 316 valence electrons. The van der Waals surface area contributed by atoms with E-state index in [9.17, 15) is 33.7 Å². The van der Waals surface area contributed by atoms with Crippen molar-refractivity contribution in [3.63, 3.8) is 0 Å². The molecule has 3 aromatic carbocycles. The molecule has 0 unspecified atom stereocenters. The predicted molar refractivity (Wildman–Crippen MR) is 222 cm³/mol. The molecule has 21 heteroatoms. The highest BCUT2D eigenvalue weighted by molar-refractivity contribution is 7.98. The lowest BCUT2D eigenvalue weighted by Gasteiger charge is -2.34. The minimum atomic E-state index is -4.34. The molecule has 58 heavy (non-hydrogen) atoms. The number of likely N-dealkylation sites (tertiary alicyclic amines) is 1. The van der Waals surface area contributed by atoms with Crippen LogP contribution >= 0.6 is 16.9 Å². The van der Waals surface area contributed by atoms with Crippen LogP contribution in [0.3, 0.4) is 0 Å². The van der Waals surface area contributed by atoms with Crippen molar-refractivity contribution in [2.45, 2.75) is 104 Å². The molecule has 0 spiro atoms. The third-order valence-corrected chi connectivity index (χ3v) is 24.8. The zero-order chi connectivity index (χ0) is 41.0. The summed E-state index contributed by atoms with van der Waals surface area (Å²) in [5.41, 5.74) is 0.967. The highest BCUT2D eigenvalue weighted by atomic mass is 32.2. The molecule has 0 aromatic heterocycles. The third kappa shape index (κ3) is 8.21. The first-order valence-electron chi connectivity index (χ1n) is 19.4. The van der Waals surface area contributed by atoms with Crippen molar-refractivity contribution in [3.8, 4) is 0 Å². The predicted octanol–water partition coefficient (Wildman–Crippen LogP) is 5.28. The molecular formula is C37H49N5O10P2S4. The number of hydrogen-bond acceptors (Lipinski definition) is 11. The standard InChI is InChI=1S/C37H49N5O10P2S4/c1-55(43,44)39-32-22-12-13-23-33(32)40(56(2,45)46)53(39)51-36-27-38(26-29-16-6-3-7-17-29)28-37(36)52-54-41(57(47,48)30-18-8-4-9-19-30)34-24-14-15-25-35(34)42(54)58(49,50)31-20-10-5-11-21-31/h3-11,16-21,32-37H,12-15,22-28H2,1-2H3/t32-,33-,34-,35-,36-,37-/m0/s1. The Hall–Kier alpha value is -1.96. The van der Waals surface area contributed by atoms with Crippen LogP contribution in [0.1, 0.15) is 56.9 Å². The Morgan fingerprint density at radius 3 is 1.19 bits per heavy atom. The summed E-state index contributed by atoms with van der Waals surface area (Å²) in [5, 5.41) is 0. The quantitative estimate of drug-likeness (QED) is 0.217. The summed E-state index contributed by atoms with van der Waals surface area (Å²) in [4.78, 5) is 2.04. The first kappa shape index (κ1) is 42.7. The van der Waals surface area contributed by atoms with Crippen molar-refractivity contribution in [2.75, 3.05) is 25.6 Å². The van der Waals surface area contributed by atoms with Crippen LogP contribution in [-0.2, 0) is 55.7 Å². The number of rotatable bonds is 12. The maximum atomic E-state index is 14.9. The van der Waals surface area contributed by atoms with E-state index in [0.29, 0.717) is 45.1 Å². The second-order valence-corrected chi connectivity index (χ2v) is 27.2. The molecule has 3 aliphatic heterocycles. The fourth-order valence-electron chi connectivity index (χ4n) is 9.00. The van der Waals surface area contributed by atoms with E-state index in [1.807, 2.05) is 35.2 Å². The maximum absolute atomic E-state index is 14.9. The van der Waals surface area contributed by atoms with Gasteiger partial charge in [-0.2, -0.15) is 0 Å². The van der Waals surface area contributed by atoms with Crippen LogP contribution in [0.4, 0.5) is 0 Å². The molecule has 3 heterocycles. The number of fused-ring (bicyclic) bond motifs is 2. The van der Waals surface area contributed by atoms with Gasteiger partial charge in [0, 0.05) is 43.8 Å². The highest BCUT2D eigenvalue weighted by Crippen LogP contribution is 2.65. The largest absolute Gasteiger partial charge is 0.323 e. The Morgan fingerprint density at radius 1 is 0.500 bits per heavy atom. The molecule has 2 aliphatic carbocycles. The third-order valence-electron chi connectivity index (χ3n) is 11.5. The molecular weight excluding hydrogens is 865 g/mol. The van der Waals surface area contributed by atoms with Crippen molar-refractivity contribution in [3.05, 3.63) is 96.6 Å². The zero-order valence-corrected chi connectivity index (χ0v) is 37.3. The van der Waals surface area contributed by atoms with E-state index in [1.54, 1.807) is 36.4 Å². The second kappa shape index (κ2) is 16.7. The van der Waals surface area contributed by atoms with E-state index in [0.717, 1.165) is 30.9 Å². The van der Waals surface area contributed by atoms with E-state index in [-0.39, 0.29) is 22.9 Å². The zero-order valence-electron chi connectivity index (χ0n) is 32.2. The summed E-state index contributed by atoms with van der Waals surface area (Å²) >= 11 is 0. The maximum Gasteiger partial charge on any atom is 0.249 e. The molecule has 0 amide bonds. The Morgan fingerprint density at radius 2 is 0.828 bits per heavy atom. The van der Waals surface area contributed by atoms with Gasteiger partial charge in [0.15, 0.2) is 0 Å². The number of sulfonamides is 4. The molecule has 3 saturated heterocycles. The summed E-state index contributed by atoms with van der Waals surface area (Å²) in [7, 11) is -21.7. The van der Waals surface area contributed by atoms with Gasteiger partial charge in [0.25, 0.3) is 0 Å². The van der Waals surface area contributed by atoms with Crippen LogP contribution < -0.4 is 0 Å². The lowest BCUT2D eigenvalue weighted by molar-refractivity contribution is 0.0982. The summed E-state index contributed by atoms with van der Waals surface area (Å²) in [6.07, 6.45) is 4.81. The van der Waals surface area contributed by atoms with E-state index >= 15 is 0 Å². The van der Waals surface area contributed by atoms with E-state index in [1.165, 1.54) is 40.6 Å². The minimum Gasteiger partial charge on any atom is -0.323 e. The van der Waals surface area contributed by atoms with Gasteiger partial charge >= 0.3 is 0 Å². The van der Waals surface area contributed by atoms with Crippen molar-refractivity contribution >= 4 is 57.0 Å². The van der Waals surface area contributed by atoms with Crippen LogP contribution in [-0.4, -0.2) is 117 Å². The summed E-state index contributed by atoms with van der Waals surface area (Å²) < 4.78 is 133. The molecule has 8 rings (SSSR count). The van der Waals surface area contributed by atoms with Crippen LogP contribution in [0.15, 0.2) is 101 Å². The van der Waals surface area contributed by atoms with Crippen LogP contribution in [0.25, 0.3) is 0 Å². The average Bonchev–Trinajstić information content (AvgIpc) is 3.85. The highest BCUT2D eigenvalue weighted by Gasteiger charge is 2.62. The Labute approximate surface area is 345 Å². The molecule has 3 aromatic rings.